The van der Waals surface area contributed by atoms with E-state index in [1.165, 1.54) is 20.0 Å². The zero-order valence-electron chi connectivity index (χ0n) is 11.3. The number of halogens is 1. The van der Waals surface area contributed by atoms with Gasteiger partial charge in [-0.3, -0.25) is 4.79 Å². The van der Waals surface area contributed by atoms with Gasteiger partial charge in [-0.2, -0.15) is 0 Å². The fraction of sp³-hybridized carbons (Fsp3) is 0.533. The van der Waals surface area contributed by atoms with Gasteiger partial charge in [0.2, 0.25) is 0 Å². The van der Waals surface area contributed by atoms with E-state index >= 15 is 0 Å². The topological polar surface area (TPSA) is 55.8 Å². The van der Waals surface area contributed by atoms with Crippen LogP contribution in [0.4, 0.5) is 0 Å². The van der Waals surface area contributed by atoms with Gasteiger partial charge in [0.25, 0.3) is 0 Å². The van der Waals surface area contributed by atoms with Crippen molar-refractivity contribution in [1.29, 1.82) is 0 Å². The summed E-state index contributed by atoms with van der Waals surface area (Å²) < 4.78 is 11.0. The lowest BCUT2D eigenvalue weighted by Crippen LogP contribution is -2.19. The van der Waals surface area contributed by atoms with Crippen LogP contribution in [0.5, 0.6) is 11.5 Å². The lowest BCUT2D eigenvalue weighted by molar-refractivity contribution is -0.140. The normalized spacial score (nSPS) is 19.5. The van der Waals surface area contributed by atoms with Gasteiger partial charge >= 0.3 is 5.97 Å². The van der Waals surface area contributed by atoms with E-state index in [1.54, 1.807) is 12.1 Å². The Labute approximate surface area is 122 Å². The number of methoxy groups -OCH3 is 1. The smallest absolute Gasteiger partial charge is 0.314 e. The molecule has 108 valence electrons. The van der Waals surface area contributed by atoms with Crippen LogP contribution in [0.2, 0.25) is 5.02 Å². The monoisotopic (exact) mass is 296 g/mol. The predicted octanol–water partition coefficient (Wildman–Crippen LogP) is 3.25. The van der Waals surface area contributed by atoms with E-state index in [2.05, 4.69) is 0 Å². The Morgan fingerprint density at radius 3 is 2.65 bits per heavy atom. The molecule has 0 aliphatic heterocycles. The van der Waals surface area contributed by atoms with Gasteiger partial charge in [-0.25, -0.2) is 0 Å². The van der Waals surface area contributed by atoms with Gasteiger partial charge in [-0.15, -0.1) is 0 Å². The summed E-state index contributed by atoms with van der Waals surface area (Å²) in [7, 11) is 1.54. The highest BCUT2D eigenvalue weighted by atomic mass is 35.5. The van der Waals surface area contributed by atoms with Crippen molar-refractivity contribution in [3.63, 3.8) is 0 Å². The fourth-order valence-corrected chi connectivity index (χ4v) is 2.68. The maximum Gasteiger partial charge on any atom is 0.314 e. The molecule has 1 aromatic rings. The highest BCUT2D eigenvalue weighted by molar-refractivity contribution is 6.32. The van der Waals surface area contributed by atoms with Crippen molar-refractivity contribution in [3.05, 3.63) is 22.7 Å². The highest BCUT2D eigenvalue weighted by Crippen LogP contribution is 2.51. The molecular weight excluding hydrogens is 280 g/mol. The number of carbonyl (C=O) groups is 1. The number of hydrogen-bond donors (Lipinski definition) is 1. The van der Waals surface area contributed by atoms with Crippen LogP contribution < -0.4 is 9.47 Å². The van der Waals surface area contributed by atoms with Crippen LogP contribution in [0.1, 0.15) is 31.2 Å². The molecule has 0 atom stereocenters. The molecule has 0 amide bonds. The first-order valence-electron chi connectivity index (χ1n) is 6.81. The lowest BCUT2D eigenvalue weighted by atomic mass is 9.96. The molecule has 3 rings (SSSR count). The highest BCUT2D eigenvalue weighted by Gasteiger charge is 2.52. The van der Waals surface area contributed by atoms with Gasteiger partial charge in [0.1, 0.15) is 0 Å². The van der Waals surface area contributed by atoms with Crippen LogP contribution in [0, 0.1) is 5.92 Å². The van der Waals surface area contributed by atoms with Crippen molar-refractivity contribution in [2.24, 2.45) is 5.92 Å². The molecule has 4 nitrogen and oxygen atoms in total. The maximum atomic E-state index is 11.4. The maximum absolute atomic E-state index is 11.4. The van der Waals surface area contributed by atoms with Gasteiger partial charge in [-0.05, 0) is 49.3 Å². The summed E-state index contributed by atoms with van der Waals surface area (Å²) in [5.74, 6) is 0.843. The number of carboxylic acids is 1. The average Bonchev–Trinajstić information content (AvgIpc) is 3.28. The van der Waals surface area contributed by atoms with E-state index in [4.69, 9.17) is 21.1 Å². The summed E-state index contributed by atoms with van der Waals surface area (Å²) in [5.41, 5.74) is -0.0743. The molecule has 0 saturated heterocycles. The third-order valence-electron chi connectivity index (χ3n) is 4.10. The Morgan fingerprint density at radius 2 is 2.15 bits per heavy atom. The van der Waals surface area contributed by atoms with Crippen LogP contribution in [-0.2, 0) is 10.2 Å². The summed E-state index contributed by atoms with van der Waals surface area (Å²) in [6.07, 6.45) is 3.67. The summed E-state index contributed by atoms with van der Waals surface area (Å²) >= 11 is 6.21. The molecule has 0 radical (unpaired) electrons. The zero-order chi connectivity index (χ0) is 14.3. The van der Waals surface area contributed by atoms with E-state index in [1.807, 2.05) is 0 Å². The molecule has 2 fully saturated rings. The Balaban J connectivity index is 1.93. The Bertz CT molecular complexity index is 547. The van der Waals surface area contributed by atoms with Crippen molar-refractivity contribution in [2.45, 2.75) is 31.1 Å². The van der Waals surface area contributed by atoms with E-state index in [-0.39, 0.29) is 0 Å². The fourth-order valence-electron chi connectivity index (χ4n) is 2.39. The lowest BCUT2D eigenvalue weighted by Gasteiger charge is -2.17. The molecule has 1 aromatic carbocycles. The number of rotatable bonds is 6. The van der Waals surface area contributed by atoms with Crippen molar-refractivity contribution in [2.75, 3.05) is 13.7 Å². The molecule has 2 saturated carbocycles. The molecule has 0 bridgehead atoms. The molecule has 1 N–H and O–H groups in total. The van der Waals surface area contributed by atoms with Crippen molar-refractivity contribution in [1.82, 2.24) is 0 Å². The first-order valence-corrected chi connectivity index (χ1v) is 7.19. The van der Waals surface area contributed by atoms with Crippen molar-refractivity contribution >= 4 is 17.6 Å². The van der Waals surface area contributed by atoms with Crippen LogP contribution in [0.15, 0.2) is 12.1 Å². The molecule has 0 aromatic heterocycles. The van der Waals surface area contributed by atoms with Crippen LogP contribution in [0.25, 0.3) is 0 Å². The predicted molar refractivity (Wildman–Crippen MR) is 74.8 cm³/mol. The van der Waals surface area contributed by atoms with Crippen molar-refractivity contribution in [3.8, 4) is 11.5 Å². The molecule has 0 unspecified atom stereocenters. The number of aliphatic carboxylic acids is 1. The Hall–Kier alpha value is -1.42. The van der Waals surface area contributed by atoms with E-state index < -0.39 is 11.4 Å². The summed E-state index contributed by atoms with van der Waals surface area (Å²) in [5, 5.41) is 9.78. The van der Waals surface area contributed by atoms with Gasteiger partial charge < -0.3 is 14.6 Å². The second-order valence-corrected chi connectivity index (χ2v) is 6.04. The van der Waals surface area contributed by atoms with Crippen molar-refractivity contribution < 1.29 is 19.4 Å². The third kappa shape index (κ3) is 2.33. The molecule has 20 heavy (non-hydrogen) atoms. The van der Waals surface area contributed by atoms with E-state index in [0.29, 0.717) is 47.5 Å². The number of benzene rings is 1. The van der Waals surface area contributed by atoms with Crippen LogP contribution in [0.3, 0.4) is 0 Å². The SMILES string of the molecule is COc1c(Cl)cc(C2(C(=O)O)CC2)cc1OCC1CC1. The minimum absolute atomic E-state index is 0.406. The third-order valence-corrected chi connectivity index (χ3v) is 4.38. The summed E-state index contributed by atoms with van der Waals surface area (Å²) in [6.45, 7) is 0.635. The minimum atomic E-state index is -0.799. The van der Waals surface area contributed by atoms with E-state index in [9.17, 15) is 9.90 Å². The molecule has 5 heteroatoms. The Morgan fingerprint density at radius 1 is 1.45 bits per heavy atom. The van der Waals surface area contributed by atoms with E-state index in [0.717, 1.165) is 0 Å². The number of hydrogen-bond acceptors (Lipinski definition) is 3. The zero-order valence-corrected chi connectivity index (χ0v) is 12.1. The van der Waals surface area contributed by atoms with Gasteiger partial charge in [0.05, 0.1) is 24.2 Å². The van der Waals surface area contributed by atoms with Crippen LogP contribution >= 0.6 is 11.6 Å². The number of ether oxygens (including phenoxy) is 2. The first kappa shape index (κ1) is 13.6. The van der Waals surface area contributed by atoms with Gasteiger partial charge in [0, 0.05) is 0 Å². The second-order valence-electron chi connectivity index (χ2n) is 5.63. The number of carboxylic acid groups (broad SMARTS) is 1. The molecule has 2 aliphatic rings. The second kappa shape index (κ2) is 4.85. The van der Waals surface area contributed by atoms with Gasteiger partial charge in [0.15, 0.2) is 11.5 Å². The average molecular weight is 297 g/mol. The molecule has 2 aliphatic carbocycles. The first-order chi connectivity index (χ1) is 9.56. The molecule has 0 spiro atoms. The Kier molecular flexibility index (Phi) is 3.28. The molecular formula is C15H17ClO4. The minimum Gasteiger partial charge on any atom is -0.491 e. The summed E-state index contributed by atoms with van der Waals surface area (Å²) in [4.78, 5) is 11.4. The largest absolute Gasteiger partial charge is 0.491 e. The van der Waals surface area contributed by atoms with Gasteiger partial charge in [-0.1, -0.05) is 11.6 Å². The summed E-state index contributed by atoms with van der Waals surface area (Å²) in [6, 6.07) is 3.46. The standard InChI is InChI=1S/C15H17ClO4/c1-19-13-11(16)6-10(15(4-5-15)14(17)18)7-12(13)20-8-9-2-3-9/h6-7,9H,2-5,8H2,1H3,(H,17,18). The quantitative estimate of drug-likeness (QED) is 0.875. The molecule has 0 heterocycles. The van der Waals surface area contributed by atoms with Crippen LogP contribution in [-0.4, -0.2) is 24.8 Å².